The van der Waals surface area contributed by atoms with Crippen LogP contribution in [0.25, 0.3) is 10.9 Å². The van der Waals surface area contributed by atoms with Crippen molar-refractivity contribution in [1.29, 1.82) is 0 Å². The molecular formula is C20H17ClN10O2. The molecule has 166 valence electrons. The summed E-state index contributed by atoms with van der Waals surface area (Å²) in [6, 6.07) is 12.8. The van der Waals surface area contributed by atoms with Gasteiger partial charge in [-0.25, -0.2) is 14.2 Å². The van der Waals surface area contributed by atoms with Crippen LogP contribution in [0.2, 0.25) is 5.02 Å². The molecule has 0 radical (unpaired) electrons. The van der Waals surface area contributed by atoms with E-state index in [1.807, 2.05) is 43.6 Å². The molecule has 33 heavy (non-hydrogen) atoms. The van der Waals surface area contributed by atoms with Crippen LogP contribution in [0.3, 0.4) is 0 Å². The zero-order valence-electron chi connectivity index (χ0n) is 17.3. The molecule has 0 unspecified atom stereocenters. The molecule has 0 fully saturated rings. The molecule has 5 aromatic rings. The topological polar surface area (TPSA) is 141 Å². The fourth-order valence-corrected chi connectivity index (χ4v) is 3.65. The highest BCUT2D eigenvalue weighted by Gasteiger charge is 2.17. The van der Waals surface area contributed by atoms with Crippen LogP contribution in [0.1, 0.15) is 11.4 Å². The van der Waals surface area contributed by atoms with Crippen LogP contribution in [0.4, 0.5) is 11.6 Å². The molecule has 12 nitrogen and oxygen atoms in total. The predicted octanol–water partition coefficient (Wildman–Crippen LogP) is 1.30. The van der Waals surface area contributed by atoms with E-state index in [1.165, 1.54) is 4.57 Å². The first-order chi connectivity index (χ1) is 16.0. The largest absolute Gasteiger partial charge is 0.355 e. The SMILES string of the molecule is Cn1cc2cc(Nc3nc(=O)n(Cc4nn[nH]n4)c(=O)n3Cc3ccccc3)c(Cl)cc2n1. The summed E-state index contributed by atoms with van der Waals surface area (Å²) in [6.07, 6.45) is 1.84. The van der Waals surface area contributed by atoms with Gasteiger partial charge in [-0.15, -0.1) is 10.2 Å². The van der Waals surface area contributed by atoms with E-state index in [0.717, 1.165) is 21.0 Å². The highest BCUT2D eigenvalue weighted by atomic mass is 35.5. The molecule has 0 aliphatic heterocycles. The van der Waals surface area contributed by atoms with Crippen molar-refractivity contribution in [3.05, 3.63) is 86.0 Å². The highest BCUT2D eigenvalue weighted by molar-refractivity contribution is 6.34. The number of H-pyrrole nitrogens is 1. The lowest BCUT2D eigenvalue weighted by Crippen LogP contribution is -2.43. The van der Waals surface area contributed by atoms with E-state index in [2.05, 4.69) is 36.0 Å². The standard InChI is InChI=1S/C20H17ClN10O2/c1-29-10-13-7-16(14(21)8-15(13)26-29)22-18-23-19(32)31(11-17-24-27-28-25-17)20(33)30(18)9-12-5-3-2-4-6-12/h2-8,10H,9,11H2,1H3,(H,22,23,32)(H,24,25,27,28). The van der Waals surface area contributed by atoms with Gasteiger partial charge < -0.3 is 5.32 Å². The number of aromatic nitrogens is 9. The Morgan fingerprint density at radius 3 is 2.67 bits per heavy atom. The van der Waals surface area contributed by atoms with E-state index in [4.69, 9.17) is 11.6 Å². The average molecular weight is 465 g/mol. The summed E-state index contributed by atoms with van der Waals surface area (Å²) < 4.78 is 3.99. The molecule has 0 aliphatic carbocycles. The molecule has 3 heterocycles. The maximum atomic E-state index is 13.3. The van der Waals surface area contributed by atoms with Gasteiger partial charge in [0.15, 0.2) is 5.82 Å². The fourth-order valence-electron chi connectivity index (χ4n) is 3.45. The van der Waals surface area contributed by atoms with Gasteiger partial charge in [-0.05, 0) is 17.7 Å². The maximum absolute atomic E-state index is 13.3. The molecule has 0 bridgehead atoms. The number of benzene rings is 2. The Hall–Kier alpha value is -4.32. The van der Waals surface area contributed by atoms with Crippen molar-refractivity contribution in [3.8, 4) is 0 Å². The molecule has 0 atom stereocenters. The van der Waals surface area contributed by atoms with Gasteiger partial charge >= 0.3 is 11.4 Å². The van der Waals surface area contributed by atoms with Gasteiger partial charge in [-0.3, -0.25) is 9.25 Å². The van der Waals surface area contributed by atoms with Crippen LogP contribution in [0, 0.1) is 0 Å². The van der Waals surface area contributed by atoms with E-state index < -0.39 is 11.4 Å². The Morgan fingerprint density at radius 2 is 1.91 bits per heavy atom. The van der Waals surface area contributed by atoms with Crippen LogP contribution < -0.4 is 16.7 Å². The van der Waals surface area contributed by atoms with Gasteiger partial charge in [0.05, 0.1) is 29.3 Å². The van der Waals surface area contributed by atoms with E-state index >= 15 is 0 Å². The van der Waals surface area contributed by atoms with E-state index in [-0.39, 0.29) is 24.9 Å². The Kier molecular flexibility index (Phi) is 5.18. The third-order valence-electron chi connectivity index (χ3n) is 4.98. The van der Waals surface area contributed by atoms with Gasteiger partial charge in [0.2, 0.25) is 5.95 Å². The molecule has 5 rings (SSSR count). The van der Waals surface area contributed by atoms with Crippen molar-refractivity contribution in [1.82, 2.24) is 44.5 Å². The van der Waals surface area contributed by atoms with Crippen LogP contribution in [0.5, 0.6) is 0 Å². The zero-order valence-corrected chi connectivity index (χ0v) is 18.1. The van der Waals surface area contributed by atoms with Crippen molar-refractivity contribution in [2.45, 2.75) is 13.1 Å². The van der Waals surface area contributed by atoms with Crippen molar-refractivity contribution in [2.24, 2.45) is 7.05 Å². The second kappa shape index (κ2) is 8.31. The number of hydrogen-bond donors (Lipinski definition) is 2. The number of fused-ring (bicyclic) bond motifs is 1. The summed E-state index contributed by atoms with van der Waals surface area (Å²) in [5.41, 5.74) is 0.724. The van der Waals surface area contributed by atoms with Gasteiger partial charge in [-0.1, -0.05) is 47.1 Å². The summed E-state index contributed by atoms with van der Waals surface area (Å²) in [5.74, 6) is 0.247. The number of hydrogen-bond acceptors (Lipinski definition) is 8. The molecule has 2 aromatic carbocycles. The lowest BCUT2D eigenvalue weighted by atomic mass is 10.2. The van der Waals surface area contributed by atoms with Gasteiger partial charge in [0.1, 0.15) is 0 Å². The number of anilines is 2. The minimum absolute atomic E-state index is 0.0587. The average Bonchev–Trinajstić information content (AvgIpc) is 3.43. The van der Waals surface area contributed by atoms with E-state index in [1.54, 1.807) is 16.8 Å². The van der Waals surface area contributed by atoms with Crippen LogP contribution in [0.15, 0.2) is 58.3 Å². The second-order valence-electron chi connectivity index (χ2n) is 7.31. The molecule has 0 spiro atoms. The summed E-state index contributed by atoms with van der Waals surface area (Å²) in [6.45, 7) is 0.00687. The summed E-state index contributed by atoms with van der Waals surface area (Å²) in [4.78, 5) is 30.2. The summed E-state index contributed by atoms with van der Waals surface area (Å²) in [5, 5.41) is 22.0. The zero-order chi connectivity index (χ0) is 22.9. The highest BCUT2D eigenvalue weighted by Crippen LogP contribution is 2.29. The molecule has 0 saturated heterocycles. The molecule has 2 N–H and O–H groups in total. The maximum Gasteiger partial charge on any atom is 0.355 e. The summed E-state index contributed by atoms with van der Waals surface area (Å²) in [7, 11) is 1.81. The molecule has 0 aliphatic rings. The molecule has 3 aromatic heterocycles. The lowest BCUT2D eigenvalue weighted by molar-refractivity contribution is 0.577. The molecule has 0 saturated carbocycles. The molecule has 0 amide bonds. The normalized spacial score (nSPS) is 11.2. The Bertz CT molecular complexity index is 1550. The summed E-state index contributed by atoms with van der Waals surface area (Å²) >= 11 is 6.44. The van der Waals surface area contributed by atoms with Crippen molar-refractivity contribution >= 4 is 34.1 Å². The fraction of sp³-hybridized carbons (Fsp3) is 0.150. The Balaban J connectivity index is 1.62. The number of nitrogens with one attached hydrogen (secondary N) is 2. The Morgan fingerprint density at radius 1 is 1.09 bits per heavy atom. The third-order valence-corrected chi connectivity index (χ3v) is 5.29. The first-order valence-corrected chi connectivity index (χ1v) is 10.2. The number of tetrazole rings is 1. The van der Waals surface area contributed by atoms with Crippen molar-refractivity contribution in [2.75, 3.05) is 5.32 Å². The molecule has 13 heteroatoms. The van der Waals surface area contributed by atoms with Crippen molar-refractivity contribution in [3.63, 3.8) is 0 Å². The minimum Gasteiger partial charge on any atom is -0.324 e. The van der Waals surface area contributed by atoms with Crippen LogP contribution in [-0.2, 0) is 20.1 Å². The van der Waals surface area contributed by atoms with E-state index in [9.17, 15) is 9.59 Å². The van der Waals surface area contributed by atoms with Gasteiger partial charge in [-0.2, -0.15) is 15.3 Å². The number of nitrogens with zero attached hydrogens (tertiary/aromatic N) is 8. The monoisotopic (exact) mass is 464 g/mol. The number of rotatable bonds is 6. The second-order valence-corrected chi connectivity index (χ2v) is 7.71. The third kappa shape index (κ3) is 4.11. The quantitative estimate of drug-likeness (QED) is 0.383. The number of halogens is 1. The first kappa shape index (κ1) is 20.6. The number of aromatic amines is 1. The predicted molar refractivity (Wildman–Crippen MR) is 121 cm³/mol. The van der Waals surface area contributed by atoms with Gasteiger partial charge in [0.25, 0.3) is 0 Å². The minimum atomic E-state index is -0.754. The van der Waals surface area contributed by atoms with Crippen molar-refractivity contribution < 1.29 is 0 Å². The smallest absolute Gasteiger partial charge is 0.324 e. The Labute approximate surface area is 190 Å². The lowest BCUT2D eigenvalue weighted by Gasteiger charge is -2.16. The number of aryl methyl sites for hydroxylation is 1. The van der Waals surface area contributed by atoms with Crippen LogP contribution in [-0.4, -0.2) is 44.5 Å². The van der Waals surface area contributed by atoms with Gasteiger partial charge in [0, 0.05) is 18.6 Å². The molecular weight excluding hydrogens is 448 g/mol. The van der Waals surface area contributed by atoms with E-state index in [0.29, 0.717) is 10.7 Å². The van der Waals surface area contributed by atoms with Crippen LogP contribution >= 0.6 is 11.6 Å². The first-order valence-electron chi connectivity index (χ1n) is 9.86.